The van der Waals surface area contributed by atoms with Gasteiger partial charge in [0.05, 0.1) is 11.5 Å². The summed E-state index contributed by atoms with van der Waals surface area (Å²) in [5.74, 6) is 0.394. The molecule has 106 valence electrons. The fraction of sp³-hybridized carbons (Fsp3) is 0.917. The molecule has 0 saturated carbocycles. The molecule has 1 N–H and O–H groups in total. The normalized spacial score (nSPS) is 27.6. The van der Waals surface area contributed by atoms with Crippen LogP contribution in [0, 0.1) is 5.41 Å². The summed E-state index contributed by atoms with van der Waals surface area (Å²) in [6.45, 7) is 7.60. The monoisotopic (exact) mass is 277 g/mol. The van der Waals surface area contributed by atoms with Gasteiger partial charge in [0.1, 0.15) is 5.60 Å². The zero-order valence-corrected chi connectivity index (χ0v) is 12.4. The molecule has 18 heavy (non-hydrogen) atoms. The van der Waals surface area contributed by atoms with E-state index in [0.29, 0.717) is 13.0 Å². The van der Waals surface area contributed by atoms with E-state index < -0.39 is 21.5 Å². The van der Waals surface area contributed by atoms with Crippen LogP contribution in [0.25, 0.3) is 0 Å². The second-order valence-electron chi connectivity index (χ2n) is 6.36. The van der Waals surface area contributed by atoms with Crippen LogP contribution < -0.4 is 5.32 Å². The molecule has 0 aliphatic carbocycles. The summed E-state index contributed by atoms with van der Waals surface area (Å²) in [4.78, 5) is 11.5. The van der Waals surface area contributed by atoms with Gasteiger partial charge in [-0.05, 0) is 39.0 Å². The summed E-state index contributed by atoms with van der Waals surface area (Å²) in [5, 5.41) is 2.66. The number of ether oxygens (including phenoxy) is 1. The first-order valence-corrected chi connectivity index (χ1v) is 8.01. The van der Waals surface area contributed by atoms with Gasteiger partial charge >= 0.3 is 6.09 Å². The maximum Gasteiger partial charge on any atom is 0.407 e. The van der Waals surface area contributed by atoms with E-state index in [1.54, 1.807) is 20.8 Å². The van der Waals surface area contributed by atoms with Gasteiger partial charge < -0.3 is 10.1 Å². The van der Waals surface area contributed by atoms with Crippen molar-refractivity contribution in [2.24, 2.45) is 5.41 Å². The van der Waals surface area contributed by atoms with E-state index in [9.17, 15) is 13.2 Å². The Hall–Kier alpha value is -0.780. The Morgan fingerprint density at radius 3 is 2.50 bits per heavy atom. The van der Waals surface area contributed by atoms with E-state index in [1.165, 1.54) is 0 Å². The maximum absolute atomic E-state index is 11.6. The predicted octanol–water partition coefficient (Wildman–Crippen LogP) is 1.73. The average molecular weight is 277 g/mol. The van der Waals surface area contributed by atoms with Crippen molar-refractivity contribution in [1.29, 1.82) is 0 Å². The lowest BCUT2D eigenvalue weighted by molar-refractivity contribution is 0.0504. The van der Waals surface area contributed by atoms with E-state index in [-0.39, 0.29) is 16.9 Å². The van der Waals surface area contributed by atoms with E-state index >= 15 is 0 Å². The highest BCUT2D eigenvalue weighted by atomic mass is 32.2. The van der Waals surface area contributed by atoms with E-state index in [4.69, 9.17) is 4.74 Å². The molecule has 1 rings (SSSR count). The quantitative estimate of drug-likeness (QED) is 0.834. The first-order valence-electron chi connectivity index (χ1n) is 6.19. The molecule has 0 bridgehead atoms. The van der Waals surface area contributed by atoms with Crippen molar-refractivity contribution < 1.29 is 17.9 Å². The molecule has 1 heterocycles. The molecule has 0 aromatic rings. The van der Waals surface area contributed by atoms with Crippen LogP contribution in [-0.4, -0.2) is 38.2 Å². The number of sulfone groups is 1. The minimum absolute atomic E-state index is 0.135. The number of hydrogen-bond donors (Lipinski definition) is 1. The summed E-state index contributed by atoms with van der Waals surface area (Å²) < 4.78 is 28.3. The SMILES string of the molecule is CC1(CNC(=O)OC(C)(C)C)CCCS(=O)(=O)C1. The summed E-state index contributed by atoms with van der Waals surface area (Å²) in [6, 6.07) is 0. The van der Waals surface area contributed by atoms with Crippen LogP contribution in [-0.2, 0) is 14.6 Å². The highest BCUT2D eigenvalue weighted by Crippen LogP contribution is 2.30. The molecule has 6 heteroatoms. The highest BCUT2D eigenvalue weighted by Gasteiger charge is 2.35. The molecule has 1 atom stereocenters. The van der Waals surface area contributed by atoms with Crippen LogP contribution in [0.2, 0.25) is 0 Å². The number of alkyl carbamates (subject to hydrolysis) is 1. The van der Waals surface area contributed by atoms with Gasteiger partial charge in [-0.25, -0.2) is 13.2 Å². The van der Waals surface area contributed by atoms with E-state index in [1.807, 2.05) is 6.92 Å². The van der Waals surface area contributed by atoms with E-state index in [2.05, 4.69) is 5.32 Å². The predicted molar refractivity (Wildman–Crippen MR) is 70.2 cm³/mol. The van der Waals surface area contributed by atoms with Crippen LogP contribution in [0.4, 0.5) is 4.79 Å². The van der Waals surface area contributed by atoms with Gasteiger partial charge in [-0.3, -0.25) is 0 Å². The molecule has 0 aromatic heterocycles. The third-order valence-corrected chi connectivity index (χ3v) is 4.91. The Morgan fingerprint density at radius 2 is 2.00 bits per heavy atom. The van der Waals surface area contributed by atoms with E-state index in [0.717, 1.165) is 6.42 Å². The topological polar surface area (TPSA) is 72.5 Å². The lowest BCUT2D eigenvalue weighted by atomic mass is 9.87. The van der Waals surface area contributed by atoms with Gasteiger partial charge in [0.2, 0.25) is 0 Å². The van der Waals surface area contributed by atoms with Gasteiger partial charge in [-0.1, -0.05) is 6.92 Å². The van der Waals surface area contributed by atoms with Crippen molar-refractivity contribution in [2.75, 3.05) is 18.1 Å². The fourth-order valence-corrected chi connectivity index (χ4v) is 4.17. The summed E-state index contributed by atoms with van der Waals surface area (Å²) in [7, 11) is -2.97. The van der Waals surface area contributed by atoms with Crippen LogP contribution in [0.15, 0.2) is 0 Å². The molecule has 1 unspecified atom stereocenters. The Bertz CT molecular complexity index is 410. The summed E-state index contributed by atoms with van der Waals surface area (Å²) in [5.41, 5.74) is -0.919. The second-order valence-corrected chi connectivity index (χ2v) is 8.55. The minimum atomic E-state index is -2.97. The number of hydrogen-bond acceptors (Lipinski definition) is 4. The van der Waals surface area contributed by atoms with Gasteiger partial charge in [-0.15, -0.1) is 0 Å². The molecular weight excluding hydrogens is 254 g/mol. The Balaban J connectivity index is 2.50. The number of amides is 1. The number of nitrogens with one attached hydrogen (secondary N) is 1. The van der Waals surface area contributed by atoms with Crippen LogP contribution in [0.1, 0.15) is 40.5 Å². The van der Waals surface area contributed by atoms with Crippen LogP contribution in [0.5, 0.6) is 0 Å². The van der Waals surface area contributed by atoms with Crippen LogP contribution >= 0.6 is 0 Å². The molecule has 0 radical (unpaired) electrons. The number of carbonyl (C=O) groups is 1. The average Bonchev–Trinajstić information content (AvgIpc) is 2.10. The Morgan fingerprint density at radius 1 is 1.39 bits per heavy atom. The second kappa shape index (κ2) is 5.07. The van der Waals surface area contributed by atoms with Crippen molar-refractivity contribution in [3.63, 3.8) is 0 Å². The van der Waals surface area contributed by atoms with Gasteiger partial charge in [-0.2, -0.15) is 0 Å². The van der Waals surface area contributed by atoms with Gasteiger partial charge in [0.25, 0.3) is 0 Å². The Labute approximate surface area is 109 Å². The first kappa shape index (κ1) is 15.3. The van der Waals surface area contributed by atoms with Crippen molar-refractivity contribution in [2.45, 2.75) is 46.1 Å². The summed E-state index contributed by atoms with van der Waals surface area (Å²) in [6.07, 6.45) is 0.975. The molecule has 5 nitrogen and oxygen atoms in total. The third kappa shape index (κ3) is 5.25. The van der Waals surface area contributed by atoms with Crippen molar-refractivity contribution in [3.05, 3.63) is 0 Å². The Kier molecular flexibility index (Phi) is 4.30. The molecule has 1 fully saturated rings. The minimum Gasteiger partial charge on any atom is -0.444 e. The molecule has 1 aliphatic heterocycles. The summed E-state index contributed by atoms with van der Waals surface area (Å²) >= 11 is 0. The van der Waals surface area contributed by atoms with Crippen molar-refractivity contribution in [3.8, 4) is 0 Å². The zero-order valence-electron chi connectivity index (χ0n) is 11.6. The van der Waals surface area contributed by atoms with Crippen molar-refractivity contribution >= 4 is 15.9 Å². The molecule has 1 aliphatic rings. The molecular formula is C12H23NO4S. The van der Waals surface area contributed by atoms with Crippen LogP contribution in [0.3, 0.4) is 0 Å². The largest absolute Gasteiger partial charge is 0.444 e. The number of rotatable bonds is 2. The third-order valence-electron chi connectivity index (χ3n) is 2.86. The maximum atomic E-state index is 11.6. The lowest BCUT2D eigenvalue weighted by Crippen LogP contribution is -2.44. The fourth-order valence-electron chi connectivity index (χ4n) is 2.13. The lowest BCUT2D eigenvalue weighted by Gasteiger charge is -2.33. The zero-order chi connectivity index (χ0) is 14.0. The van der Waals surface area contributed by atoms with Crippen molar-refractivity contribution in [1.82, 2.24) is 5.32 Å². The first-order chi connectivity index (χ1) is 8.02. The molecule has 0 spiro atoms. The highest BCUT2D eigenvalue weighted by molar-refractivity contribution is 7.91. The molecule has 1 saturated heterocycles. The van der Waals surface area contributed by atoms with Gasteiger partial charge in [0, 0.05) is 6.54 Å². The molecule has 0 aromatic carbocycles. The molecule has 1 amide bonds. The number of carbonyl (C=O) groups excluding carboxylic acids is 1. The standard InChI is InChI=1S/C12H23NO4S/c1-11(2,3)17-10(14)13-8-12(4)6-5-7-18(15,16)9-12/h5-9H2,1-4H3,(H,13,14). The van der Waals surface area contributed by atoms with Gasteiger partial charge in [0.15, 0.2) is 9.84 Å². The smallest absolute Gasteiger partial charge is 0.407 e.